The standard InChI is InChI=1S/C26H31N5O2/c1-4-19(33-3)15-23-17(2)20-11-12-28-22(25(20)30-23)10-9-18-7-5-6-8-21(18)31-26(32)24-16-27-13-14-29-24/h4-10,15,24,27,29-30H,1,11-14,16H2,2-3H3,(H,31,32)/b10-9+,19-15+. The van der Waals surface area contributed by atoms with Crippen LogP contribution in [0.5, 0.6) is 0 Å². The summed E-state index contributed by atoms with van der Waals surface area (Å²) >= 11 is 0. The summed E-state index contributed by atoms with van der Waals surface area (Å²) in [4.78, 5) is 20.9. The predicted molar refractivity (Wildman–Crippen MR) is 135 cm³/mol. The fraction of sp³-hybridized carbons (Fsp3) is 0.308. The van der Waals surface area contributed by atoms with Gasteiger partial charge in [-0.05, 0) is 48.3 Å². The summed E-state index contributed by atoms with van der Waals surface area (Å²) in [6.07, 6.45) is 8.57. The van der Waals surface area contributed by atoms with E-state index in [9.17, 15) is 4.79 Å². The van der Waals surface area contributed by atoms with E-state index in [0.29, 0.717) is 12.3 Å². The molecule has 172 valence electrons. The molecule has 2 aliphatic rings. The van der Waals surface area contributed by atoms with Gasteiger partial charge in [0.1, 0.15) is 5.76 Å². The number of aromatic nitrogens is 1. The van der Waals surface area contributed by atoms with Crippen molar-refractivity contribution in [3.05, 3.63) is 76.8 Å². The Labute approximate surface area is 194 Å². The molecule has 4 N–H and O–H groups in total. The smallest absolute Gasteiger partial charge is 0.242 e. The van der Waals surface area contributed by atoms with Crippen molar-refractivity contribution in [3.63, 3.8) is 0 Å². The Bertz CT molecular complexity index is 1120. The van der Waals surface area contributed by atoms with Gasteiger partial charge in [0.25, 0.3) is 0 Å². The zero-order valence-corrected chi connectivity index (χ0v) is 19.2. The molecule has 33 heavy (non-hydrogen) atoms. The number of carbonyl (C=O) groups excluding carboxylic acids is 1. The Hall–Kier alpha value is -3.42. The second-order valence-corrected chi connectivity index (χ2v) is 8.11. The van der Waals surface area contributed by atoms with Crippen LogP contribution in [0.4, 0.5) is 5.69 Å². The Balaban J connectivity index is 1.56. The molecule has 4 rings (SSSR count). The van der Waals surface area contributed by atoms with E-state index < -0.39 is 0 Å². The third-order valence-corrected chi connectivity index (χ3v) is 6.04. The normalized spacial score (nSPS) is 18.5. The second-order valence-electron chi connectivity index (χ2n) is 8.11. The van der Waals surface area contributed by atoms with Crippen molar-refractivity contribution < 1.29 is 9.53 Å². The number of anilines is 1. The first kappa shape index (κ1) is 22.8. The number of nitrogens with zero attached hydrogens (tertiary/aromatic N) is 1. The minimum Gasteiger partial charge on any atom is -0.497 e. The molecule has 1 aromatic heterocycles. The van der Waals surface area contributed by atoms with Gasteiger partial charge in [-0.3, -0.25) is 9.79 Å². The Morgan fingerprint density at radius 1 is 1.27 bits per heavy atom. The van der Waals surface area contributed by atoms with Gasteiger partial charge in [0, 0.05) is 43.6 Å². The van der Waals surface area contributed by atoms with Crippen molar-refractivity contribution in [2.24, 2.45) is 4.99 Å². The van der Waals surface area contributed by atoms with Crippen LogP contribution in [0.2, 0.25) is 0 Å². The molecule has 1 aromatic carbocycles. The molecular weight excluding hydrogens is 414 g/mol. The number of aromatic amines is 1. The van der Waals surface area contributed by atoms with Crippen LogP contribution >= 0.6 is 0 Å². The highest BCUT2D eigenvalue weighted by molar-refractivity contribution is 6.12. The molecule has 0 saturated carbocycles. The average molecular weight is 446 g/mol. The third-order valence-electron chi connectivity index (χ3n) is 6.04. The lowest BCUT2D eigenvalue weighted by Crippen LogP contribution is -2.54. The minimum atomic E-state index is -0.234. The van der Waals surface area contributed by atoms with Crippen LogP contribution in [0.25, 0.3) is 12.2 Å². The largest absolute Gasteiger partial charge is 0.497 e. The lowest BCUT2D eigenvalue weighted by molar-refractivity contribution is -0.118. The second kappa shape index (κ2) is 10.5. The zero-order valence-electron chi connectivity index (χ0n) is 19.2. The maximum absolute atomic E-state index is 12.7. The molecule has 7 nitrogen and oxygen atoms in total. The maximum Gasteiger partial charge on any atom is 0.242 e. The Morgan fingerprint density at radius 3 is 2.88 bits per heavy atom. The topological polar surface area (TPSA) is 90.5 Å². The van der Waals surface area contributed by atoms with Crippen molar-refractivity contribution >= 4 is 29.5 Å². The number of rotatable bonds is 7. The number of ether oxygens (including phenoxy) is 1. The van der Waals surface area contributed by atoms with Gasteiger partial charge in [-0.15, -0.1) is 0 Å². The molecule has 1 saturated heterocycles. The van der Waals surface area contributed by atoms with Crippen LogP contribution in [0, 0.1) is 6.92 Å². The summed E-state index contributed by atoms with van der Waals surface area (Å²) in [5, 5.41) is 9.56. The quantitative estimate of drug-likeness (QED) is 0.390. The highest BCUT2D eigenvalue weighted by Gasteiger charge is 2.21. The zero-order chi connectivity index (χ0) is 23.2. The molecule has 7 heteroatoms. The van der Waals surface area contributed by atoms with E-state index in [0.717, 1.165) is 54.4 Å². The van der Waals surface area contributed by atoms with Gasteiger partial charge in [0.05, 0.1) is 24.6 Å². The van der Waals surface area contributed by atoms with E-state index in [1.165, 1.54) is 11.1 Å². The number of hydrogen-bond acceptors (Lipinski definition) is 5. The lowest BCUT2D eigenvalue weighted by atomic mass is 10.0. The molecule has 0 spiro atoms. The van der Waals surface area contributed by atoms with Gasteiger partial charge in [0.2, 0.25) is 5.91 Å². The third kappa shape index (κ3) is 5.16. The number of aliphatic imine (C=N–C) groups is 1. The maximum atomic E-state index is 12.7. The van der Waals surface area contributed by atoms with E-state index in [4.69, 9.17) is 9.73 Å². The van der Waals surface area contributed by atoms with Crippen LogP contribution in [0.1, 0.15) is 28.1 Å². The number of H-pyrrole nitrogens is 1. The summed E-state index contributed by atoms with van der Waals surface area (Å²) in [5.41, 5.74) is 7.11. The monoisotopic (exact) mass is 445 g/mol. The molecule has 1 unspecified atom stereocenters. The van der Waals surface area contributed by atoms with Crippen molar-refractivity contribution in [2.75, 3.05) is 38.6 Å². The molecule has 3 heterocycles. The molecular formula is C26H31N5O2. The molecule has 0 bridgehead atoms. The van der Waals surface area contributed by atoms with Gasteiger partial charge in [-0.2, -0.15) is 0 Å². The van der Waals surface area contributed by atoms with Crippen LogP contribution < -0.4 is 16.0 Å². The summed E-state index contributed by atoms with van der Waals surface area (Å²) in [6.45, 7) is 8.94. The number of methoxy groups -OCH3 is 1. The number of para-hydroxylation sites is 1. The van der Waals surface area contributed by atoms with E-state index in [-0.39, 0.29) is 11.9 Å². The minimum absolute atomic E-state index is 0.0343. The number of piperazine rings is 1. The molecule has 1 fully saturated rings. The van der Waals surface area contributed by atoms with Crippen LogP contribution in [-0.2, 0) is 16.0 Å². The van der Waals surface area contributed by atoms with Crippen LogP contribution in [-0.4, -0.2) is 55.9 Å². The van der Waals surface area contributed by atoms with E-state index in [1.807, 2.05) is 42.5 Å². The molecule has 1 atom stereocenters. The predicted octanol–water partition coefficient (Wildman–Crippen LogP) is 3.05. The highest BCUT2D eigenvalue weighted by Crippen LogP contribution is 2.26. The fourth-order valence-corrected chi connectivity index (χ4v) is 4.16. The number of amides is 1. The fourth-order valence-electron chi connectivity index (χ4n) is 4.16. The van der Waals surface area contributed by atoms with Gasteiger partial charge in [-0.1, -0.05) is 30.9 Å². The first-order valence-electron chi connectivity index (χ1n) is 11.3. The van der Waals surface area contributed by atoms with E-state index in [2.05, 4.69) is 34.4 Å². The molecule has 2 aliphatic heterocycles. The van der Waals surface area contributed by atoms with Crippen molar-refractivity contribution in [3.8, 4) is 0 Å². The SMILES string of the molecule is C=C/C(=C\c1[nH]c2c(c1C)CCN=C2/C=C/c1ccccc1NC(=O)C1CNCCN1)OC. The van der Waals surface area contributed by atoms with Crippen LogP contribution in [0.15, 0.2) is 53.7 Å². The van der Waals surface area contributed by atoms with Crippen molar-refractivity contribution in [1.82, 2.24) is 15.6 Å². The highest BCUT2D eigenvalue weighted by atomic mass is 16.5. The number of allylic oxidation sites excluding steroid dienone is 2. The molecule has 2 aromatic rings. The number of carbonyl (C=O) groups is 1. The van der Waals surface area contributed by atoms with Gasteiger partial charge in [-0.25, -0.2) is 0 Å². The van der Waals surface area contributed by atoms with Gasteiger partial charge in [0.15, 0.2) is 0 Å². The molecule has 0 aliphatic carbocycles. The van der Waals surface area contributed by atoms with E-state index >= 15 is 0 Å². The van der Waals surface area contributed by atoms with Crippen molar-refractivity contribution in [1.29, 1.82) is 0 Å². The average Bonchev–Trinajstić information content (AvgIpc) is 3.18. The summed E-state index contributed by atoms with van der Waals surface area (Å²) in [7, 11) is 1.64. The molecule has 1 amide bonds. The van der Waals surface area contributed by atoms with Gasteiger partial charge >= 0.3 is 0 Å². The lowest BCUT2D eigenvalue weighted by Gasteiger charge is -2.23. The van der Waals surface area contributed by atoms with E-state index in [1.54, 1.807) is 13.2 Å². The Kier molecular flexibility index (Phi) is 7.22. The Morgan fingerprint density at radius 2 is 2.12 bits per heavy atom. The van der Waals surface area contributed by atoms with Crippen LogP contribution in [0.3, 0.4) is 0 Å². The number of fused-ring (bicyclic) bond motifs is 1. The first-order chi connectivity index (χ1) is 16.1. The van der Waals surface area contributed by atoms with Crippen molar-refractivity contribution in [2.45, 2.75) is 19.4 Å². The number of hydrogen-bond donors (Lipinski definition) is 4. The summed E-state index contributed by atoms with van der Waals surface area (Å²) in [5.74, 6) is 0.672. The summed E-state index contributed by atoms with van der Waals surface area (Å²) in [6, 6.07) is 7.57. The van der Waals surface area contributed by atoms with Gasteiger partial charge < -0.3 is 25.7 Å². The summed E-state index contributed by atoms with van der Waals surface area (Å²) < 4.78 is 5.35. The molecule has 0 radical (unpaired) electrons. The number of nitrogens with one attached hydrogen (secondary N) is 4. The first-order valence-corrected chi connectivity index (χ1v) is 11.3. The number of benzene rings is 1.